The second-order valence-corrected chi connectivity index (χ2v) is 2.61. The highest BCUT2D eigenvalue weighted by atomic mass is 16.3. The smallest absolute Gasteiger partial charge is 0.236 e. The van der Waals surface area contributed by atoms with Crippen LogP contribution in [0.25, 0.3) is 0 Å². The monoisotopic (exact) mass is 190 g/mol. The van der Waals surface area contributed by atoms with Crippen LogP contribution in [-0.4, -0.2) is 60.4 Å². The molecule has 0 aromatic heterocycles. The lowest BCUT2D eigenvalue weighted by atomic mass is 10.4. The fourth-order valence-corrected chi connectivity index (χ4v) is 0.946. The molecule has 5 heteroatoms. The van der Waals surface area contributed by atoms with Gasteiger partial charge in [0.25, 0.3) is 0 Å². The fraction of sp³-hybridized carbons (Fsp3) is 0.875. The molecular weight excluding hydrogens is 172 g/mol. The van der Waals surface area contributed by atoms with Crippen LogP contribution in [0.2, 0.25) is 0 Å². The van der Waals surface area contributed by atoms with Crippen LogP contribution in [0.15, 0.2) is 0 Å². The maximum atomic E-state index is 11.3. The number of likely N-dealkylation sites (N-methyl/N-ethyl adjacent to an activating group) is 1. The van der Waals surface area contributed by atoms with E-state index < -0.39 is 0 Å². The van der Waals surface area contributed by atoms with E-state index in [9.17, 15) is 4.79 Å². The first-order valence-electron chi connectivity index (χ1n) is 4.46. The number of hydrogen-bond acceptors (Lipinski definition) is 4. The molecule has 0 saturated carbocycles. The molecule has 3 N–H and O–H groups in total. The minimum atomic E-state index is -0.0926. The molecule has 78 valence electrons. The van der Waals surface area contributed by atoms with Crippen LogP contribution in [0, 0.1) is 0 Å². The summed E-state index contributed by atoms with van der Waals surface area (Å²) in [7, 11) is 0. The third-order valence-electron chi connectivity index (χ3n) is 1.62. The summed E-state index contributed by atoms with van der Waals surface area (Å²) in [4.78, 5) is 12.8. The number of amides is 1. The number of carbonyl (C=O) groups excluding carboxylic acids is 1. The zero-order valence-corrected chi connectivity index (χ0v) is 7.99. The summed E-state index contributed by atoms with van der Waals surface area (Å²) in [5.41, 5.74) is 0. The molecule has 13 heavy (non-hydrogen) atoms. The number of nitrogens with one attached hydrogen (secondary N) is 1. The van der Waals surface area contributed by atoms with Gasteiger partial charge in [0, 0.05) is 13.1 Å². The van der Waals surface area contributed by atoms with Gasteiger partial charge in [0.05, 0.1) is 19.8 Å². The average molecular weight is 190 g/mol. The molecule has 0 rings (SSSR count). The molecule has 0 bridgehead atoms. The molecule has 0 aliphatic heterocycles. The van der Waals surface area contributed by atoms with Crippen molar-refractivity contribution in [1.29, 1.82) is 0 Å². The number of aliphatic hydroxyl groups excluding tert-OH is 2. The summed E-state index contributed by atoms with van der Waals surface area (Å²) in [6.45, 7) is 3.33. The van der Waals surface area contributed by atoms with E-state index in [1.165, 1.54) is 4.90 Å². The molecule has 0 aliphatic rings. The van der Waals surface area contributed by atoms with E-state index >= 15 is 0 Å². The van der Waals surface area contributed by atoms with Gasteiger partial charge in [-0.2, -0.15) is 0 Å². The van der Waals surface area contributed by atoms with Gasteiger partial charge in [-0.15, -0.1) is 0 Å². The first-order chi connectivity index (χ1) is 6.26. The van der Waals surface area contributed by atoms with Crippen molar-refractivity contribution < 1.29 is 15.0 Å². The van der Waals surface area contributed by atoms with Gasteiger partial charge in [-0.1, -0.05) is 6.92 Å². The molecule has 0 aromatic rings. The van der Waals surface area contributed by atoms with Crippen LogP contribution in [0.3, 0.4) is 0 Å². The maximum Gasteiger partial charge on any atom is 0.236 e. The summed E-state index contributed by atoms with van der Waals surface area (Å²) in [6, 6.07) is 0. The van der Waals surface area contributed by atoms with Gasteiger partial charge in [0.15, 0.2) is 0 Å². The van der Waals surface area contributed by atoms with Crippen LogP contribution in [-0.2, 0) is 4.79 Å². The fourth-order valence-electron chi connectivity index (χ4n) is 0.946. The van der Waals surface area contributed by atoms with E-state index in [-0.39, 0.29) is 38.8 Å². The number of carbonyl (C=O) groups is 1. The Balaban J connectivity index is 3.80. The van der Waals surface area contributed by atoms with E-state index in [0.29, 0.717) is 0 Å². The molecule has 0 fully saturated rings. The number of rotatable bonds is 7. The third-order valence-corrected chi connectivity index (χ3v) is 1.62. The Bertz CT molecular complexity index is 135. The molecule has 0 aromatic carbocycles. The predicted molar refractivity (Wildman–Crippen MR) is 49.3 cm³/mol. The first-order valence-corrected chi connectivity index (χ1v) is 4.46. The molecule has 0 aliphatic carbocycles. The summed E-state index contributed by atoms with van der Waals surface area (Å²) in [5.74, 6) is -0.0926. The first kappa shape index (κ1) is 12.3. The van der Waals surface area contributed by atoms with Crippen molar-refractivity contribution in [1.82, 2.24) is 10.2 Å². The van der Waals surface area contributed by atoms with E-state index in [1.54, 1.807) is 0 Å². The molecule has 1 amide bonds. The van der Waals surface area contributed by atoms with Crippen molar-refractivity contribution >= 4 is 5.91 Å². The van der Waals surface area contributed by atoms with Gasteiger partial charge in [0.1, 0.15) is 0 Å². The predicted octanol–water partition coefficient (Wildman–Crippen LogP) is -1.59. The van der Waals surface area contributed by atoms with E-state index in [0.717, 1.165) is 6.54 Å². The highest BCUT2D eigenvalue weighted by molar-refractivity contribution is 5.78. The van der Waals surface area contributed by atoms with Crippen LogP contribution < -0.4 is 5.32 Å². The zero-order valence-electron chi connectivity index (χ0n) is 7.99. The summed E-state index contributed by atoms with van der Waals surface area (Å²) in [6.07, 6.45) is 0. The van der Waals surface area contributed by atoms with Gasteiger partial charge in [-0.3, -0.25) is 4.79 Å². The lowest BCUT2D eigenvalue weighted by Crippen LogP contribution is -2.41. The van der Waals surface area contributed by atoms with Crippen molar-refractivity contribution in [3.05, 3.63) is 0 Å². The van der Waals surface area contributed by atoms with Crippen molar-refractivity contribution in [2.75, 3.05) is 39.4 Å². The topological polar surface area (TPSA) is 72.8 Å². The molecule has 0 unspecified atom stereocenters. The highest BCUT2D eigenvalue weighted by Crippen LogP contribution is 1.87. The quantitative estimate of drug-likeness (QED) is 0.452. The van der Waals surface area contributed by atoms with Gasteiger partial charge in [0.2, 0.25) is 5.91 Å². The van der Waals surface area contributed by atoms with Crippen molar-refractivity contribution in [3.63, 3.8) is 0 Å². The van der Waals surface area contributed by atoms with Crippen LogP contribution >= 0.6 is 0 Å². The molecule has 0 radical (unpaired) electrons. The lowest BCUT2D eigenvalue weighted by Gasteiger charge is -2.20. The van der Waals surface area contributed by atoms with Crippen molar-refractivity contribution in [2.45, 2.75) is 6.92 Å². The van der Waals surface area contributed by atoms with E-state index in [2.05, 4.69) is 5.32 Å². The SMILES string of the molecule is CCNCC(=O)N(CCO)CCO. The normalized spacial score (nSPS) is 10.1. The molecule has 5 nitrogen and oxygen atoms in total. The standard InChI is InChI=1S/C8H18N2O3/c1-2-9-7-8(13)10(3-5-11)4-6-12/h9,11-12H,2-7H2,1H3. The summed E-state index contributed by atoms with van der Waals surface area (Å²) in [5, 5.41) is 20.2. The summed E-state index contributed by atoms with van der Waals surface area (Å²) < 4.78 is 0. The Kier molecular flexibility index (Phi) is 7.57. The largest absolute Gasteiger partial charge is 0.395 e. The Morgan fingerprint density at radius 2 is 1.85 bits per heavy atom. The minimum Gasteiger partial charge on any atom is -0.395 e. The van der Waals surface area contributed by atoms with Crippen LogP contribution in [0.4, 0.5) is 0 Å². The molecule has 0 heterocycles. The van der Waals surface area contributed by atoms with Crippen molar-refractivity contribution in [2.24, 2.45) is 0 Å². The molecule has 0 spiro atoms. The Hall–Kier alpha value is -0.650. The Morgan fingerprint density at radius 1 is 1.31 bits per heavy atom. The minimum absolute atomic E-state index is 0.0716. The third kappa shape index (κ3) is 5.57. The molecule has 0 atom stereocenters. The number of hydrogen-bond donors (Lipinski definition) is 3. The summed E-state index contributed by atoms with van der Waals surface area (Å²) >= 11 is 0. The average Bonchev–Trinajstić information content (AvgIpc) is 2.14. The second-order valence-electron chi connectivity index (χ2n) is 2.61. The Labute approximate surface area is 78.4 Å². The zero-order chi connectivity index (χ0) is 10.1. The molecular formula is C8H18N2O3. The van der Waals surface area contributed by atoms with Gasteiger partial charge < -0.3 is 20.4 Å². The van der Waals surface area contributed by atoms with Crippen molar-refractivity contribution in [3.8, 4) is 0 Å². The van der Waals surface area contributed by atoms with E-state index in [1.807, 2.05) is 6.92 Å². The van der Waals surface area contributed by atoms with E-state index in [4.69, 9.17) is 10.2 Å². The second kappa shape index (κ2) is 7.97. The number of nitrogens with zero attached hydrogens (tertiary/aromatic N) is 1. The Morgan fingerprint density at radius 3 is 2.23 bits per heavy atom. The van der Waals surface area contributed by atoms with Gasteiger partial charge >= 0.3 is 0 Å². The van der Waals surface area contributed by atoms with Crippen LogP contribution in [0.1, 0.15) is 6.92 Å². The van der Waals surface area contributed by atoms with Gasteiger partial charge in [-0.05, 0) is 6.54 Å². The highest BCUT2D eigenvalue weighted by Gasteiger charge is 2.10. The number of aliphatic hydroxyl groups is 2. The lowest BCUT2D eigenvalue weighted by molar-refractivity contribution is -0.131. The maximum absolute atomic E-state index is 11.3. The van der Waals surface area contributed by atoms with Gasteiger partial charge in [-0.25, -0.2) is 0 Å². The molecule has 0 saturated heterocycles. The van der Waals surface area contributed by atoms with Crippen LogP contribution in [0.5, 0.6) is 0 Å².